The normalized spacial score (nSPS) is 31.3. The molecule has 45 heavy (non-hydrogen) atoms. The van der Waals surface area contributed by atoms with E-state index in [1.54, 1.807) is 0 Å². The van der Waals surface area contributed by atoms with E-state index in [0.29, 0.717) is 0 Å². The number of hydrogen-bond acceptors (Lipinski definition) is 12. The average Bonchev–Trinajstić information content (AvgIpc) is 2.92. The zero-order chi connectivity index (χ0) is 32.4. The molecule has 0 saturated carbocycles. The summed E-state index contributed by atoms with van der Waals surface area (Å²) in [5, 5.41) is 59.8. The predicted molar refractivity (Wildman–Crippen MR) is 124 cm³/mol. The number of halogens is 6. The monoisotopic (exact) mass is 1310 g/mol. The van der Waals surface area contributed by atoms with Crippen LogP contribution in [-0.4, -0.2) is 143 Å². The topological polar surface area (TPSA) is 216 Å². The molecule has 2 rings (SSSR count). The Balaban J connectivity index is -0.000000735. The van der Waals surface area contributed by atoms with Gasteiger partial charge in [-0.05, 0) is 0 Å². The van der Waals surface area contributed by atoms with Crippen LogP contribution in [0.2, 0.25) is 0 Å². The fourth-order valence-corrected chi connectivity index (χ4v) is 3.55. The van der Waals surface area contributed by atoms with Gasteiger partial charge in [0.25, 0.3) is 0 Å². The molecule has 8 N–H and O–H groups in total. The molecule has 2 amide bonds. The van der Waals surface area contributed by atoms with Crippen molar-refractivity contribution in [2.75, 3.05) is 26.4 Å². The maximum absolute atomic E-state index is 12.3. The maximum atomic E-state index is 12.3. The maximum Gasteiger partial charge on any atom is 0.471 e. The smallest absolute Gasteiger partial charge is 0.394 e. The van der Waals surface area contributed by atoms with Gasteiger partial charge in [0.2, 0.25) is 0 Å². The van der Waals surface area contributed by atoms with Crippen LogP contribution < -0.4 is 10.6 Å². The minimum atomic E-state index is -5.17. The molecular weight excluding hydrogens is 1280 g/mol. The molecule has 2 saturated heterocycles. The Labute approximate surface area is 360 Å². The Morgan fingerprint density at radius 3 is 1.18 bits per heavy atom. The number of rotatable bonds is 10. The molecule has 0 aromatic carbocycles. The van der Waals surface area contributed by atoms with E-state index >= 15 is 0 Å². The van der Waals surface area contributed by atoms with Crippen LogP contribution in [0.5, 0.6) is 0 Å². The van der Waals surface area contributed by atoms with Gasteiger partial charge in [-0.3, -0.25) is 9.59 Å². The second kappa shape index (κ2) is 24.2. The molecule has 10 atom stereocenters. The van der Waals surface area contributed by atoms with E-state index in [-0.39, 0.29) is 145 Å². The largest absolute Gasteiger partial charge is 0.471 e. The molecule has 0 aliphatic carbocycles. The molecule has 2 aliphatic heterocycles. The molecule has 2 fully saturated rings. The summed E-state index contributed by atoms with van der Waals surface area (Å²) >= 11 is 0. The van der Waals surface area contributed by atoms with E-state index in [2.05, 4.69) is 13.2 Å². The third kappa shape index (κ3) is 16.2. The summed E-state index contributed by atoms with van der Waals surface area (Å²) in [4.78, 5) is 21.9. The summed E-state index contributed by atoms with van der Waals surface area (Å²) in [7, 11) is 0. The van der Waals surface area contributed by atoms with Crippen LogP contribution in [0.1, 0.15) is 0 Å². The zero-order valence-corrected chi connectivity index (χ0v) is 37.5. The number of amides is 2. The van der Waals surface area contributed by atoms with E-state index in [4.69, 9.17) is 29.2 Å². The van der Waals surface area contributed by atoms with Crippen molar-refractivity contribution in [1.82, 2.24) is 10.6 Å². The Hall–Kier alpha value is 1.92. The van der Waals surface area contributed by atoms with Crippen LogP contribution in [0.4, 0.5) is 26.3 Å². The van der Waals surface area contributed by atoms with Crippen molar-refractivity contribution in [3.63, 3.8) is 0 Å². The Morgan fingerprint density at radius 2 is 0.956 bits per heavy atom. The van der Waals surface area contributed by atoms with Crippen molar-refractivity contribution in [3.05, 3.63) is 25.3 Å². The van der Waals surface area contributed by atoms with E-state index < -0.39 is 98.7 Å². The van der Waals surface area contributed by atoms with E-state index in [1.165, 1.54) is 22.8 Å². The van der Waals surface area contributed by atoms with E-state index in [0.717, 1.165) is 0 Å². The minimum absolute atomic E-state index is 0. The molecule has 0 aromatic rings. The van der Waals surface area contributed by atoms with Gasteiger partial charge in [0.05, 0.1) is 26.4 Å². The Bertz CT molecular complexity index is 841. The summed E-state index contributed by atoms with van der Waals surface area (Å²) in [5.74, 6) is -4.62. The fourth-order valence-electron chi connectivity index (χ4n) is 3.55. The van der Waals surface area contributed by atoms with Gasteiger partial charge in [-0.2, -0.15) is 26.3 Å². The van der Waals surface area contributed by atoms with Crippen LogP contribution in [0, 0.1) is 132 Å². The van der Waals surface area contributed by atoms with Gasteiger partial charge in [0.15, 0.2) is 12.6 Å². The molecule has 23 heteroatoms. The Morgan fingerprint density at radius 1 is 0.667 bits per heavy atom. The predicted octanol–water partition coefficient (Wildman–Crippen LogP) is -2.65. The molecule has 0 spiro atoms. The first-order chi connectivity index (χ1) is 19.4. The first-order valence-electron chi connectivity index (χ1n) is 11.9. The number of carbonyl (C=O) groups excluding carboxylic acids is 2. The molecule has 2 heterocycles. The number of nitrogens with one attached hydrogen (secondary N) is 2. The van der Waals surface area contributed by atoms with Gasteiger partial charge in [-0.25, -0.2) is 0 Å². The first-order valence-corrected chi connectivity index (χ1v) is 11.9. The Kier molecular flexibility index (Phi) is 27.6. The van der Waals surface area contributed by atoms with Crippen molar-refractivity contribution in [2.45, 2.75) is 73.6 Å². The van der Waals surface area contributed by atoms with Gasteiger partial charge < -0.3 is 60.2 Å². The molecule has 2 aliphatic rings. The van der Waals surface area contributed by atoms with Crippen molar-refractivity contribution < 1.29 is 218 Å². The van der Waals surface area contributed by atoms with Crippen LogP contribution in [0.15, 0.2) is 25.3 Å². The van der Waals surface area contributed by atoms with Gasteiger partial charge in [0, 0.05) is 132 Å². The number of aliphatic hydroxyl groups excluding tert-OH is 6. The molecule has 14 nitrogen and oxygen atoms in total. The third-order valence-corrected chi connectivity index (χ3v) is 5.63. The van der Waals surface area contributed by atoms with Crippen LogP contribution in [0.3, 0.4) is 0 Å². The number of alkyl halides is 6. The van der Waals surface area contributed by atoms with Crippen molar-refractivity contribution in [1.29, 1.82) is 0 Å². The molecular formula is C22H32Ac3F6N2O12. The fraction of sp³-hybridized carbons (Fsp3) is 0.727. The van der Waals surface area contributed by atoms with Crippen LogP contribution >= 0.6 is 0 Å². The summed E-state index contributed by atoms with van der Waals surface area (Å²) in [6.45, 7) is 5.02. The number of ether oxygens (including phenoxy) is 4. The van der Waals surface area contributed by atoms with Crippen LogP contribution in [0.25, 0.3) is 0 Å². The molecule has 3 radical (unpaired) electrons. The van der Waals surface area contributed by atoms with Gasteiger partial charge in [-0.1, -0.05) is 12.2 Å². The number of hydrogen-bond donors (Lipinski definition) is 8. The van der Waals surface area contributed by atoms with E-state index in [9.17, 15) is 56.4 Å². The summed E-state index contributed by atoms with van der Waals surface area (Å²) in [6.07, 6.45) is -20.2. The number of aliphatic hydroxyl groups is 6. The molecule has 0 aromatic heterocycles. The number of carbonyl (C=O) groups is 2. The summed E-state index contributed by atoms with van der Waals surface area (Å²) in [6, 6.07) is -3.31. The second-order valence-corrected chi connectivity index (χ2v) is 8.65. The van der Waals surface area contributed by atoms with Gasteiger partial charge >= 0.3 is 24.2 Å². The van der Waals surface area contributed by atoms with Crippen LogP contribution in [-0.2, 0) is 28.5 Å². The SMILES string of the molecule is C=CCO[C@H]1OC(CO)[C@@H](O)[C@H](O)[C@H]1NC(=O)C(F)(F)F.C=CCO[C@H]1OC(CO)[C@@H](O)[C@H](O)[C@H]1NC(=O)C(F)(F)F.[Ac].[Ac].[Ac]. The van der Waals surface area contributed by atoms with Crippen molar-refractivity contribution in [3.8, 4) is 0 Å². The van der Waals surface area contributed by atoms with Gasteiger partial charge in [0.1, 0.15) is 48.7 Å². The van der Waals surface area contributed by atoms with Gasteiger partial charge in [-0.15, -0.1) is 13.2 Å². The minimum Gasteiger partial charge on any atom is -0.394 e. The van der Waals surface area contributed by atoms with Crippen molar-refractivity contribution >= 4 is 11.8 Å². The quantitative estimate of drug-likeness (QED) is 0.0833. The summed E-state index contributed by atoms with van der Waals surface area (Å²) < 4.78 is 93.6. The zero-order valence-electron chi connectivity index (χ0n) is 23.3. The molecule has 2 unspecified atom stereocenters. The van der Waals surface area contributed by atoms with E-state index in [1.807, 2.05) is 0 Å². The summed E-state index contributed by atoms with van der Waals surface area (Å²) in [5.41, 5.74) is 0. The second-order valence-electron chi connectivity index (χ2n) is 8.65. The standard InChI is InChI=1S/2C11H16F3NO6.3Ac/c2*1-2-3-20-9-6(15-10(19)11(12,13)14)8(18)7(17)5(4-16)21-9;;;/h2*2,5-9,16-18H,1,3-4H2,(H,15,19);;;/t2*5?,6-,7-,8-,9+;;;/m11.../s1. The molecule has 0 bridgehead atoms. The first kappa shape index (κ1) is 51.3. The molecule has 253 valence electrons. The third-order valence-electron chi connectivity index (χ3n) is 5.63. The van der Waals surface area contributed by atoms with Crippen molar-refractivity contribution in [2.24, 2.45) is 0 Å². The average molecular weight is 1310 g/mol.